The van der Waals surface area contributed by atoms with Gasteiger partial charge in [-0.05, 0) is 82.6 Å². The van der Waals surface area contributed by atoms with Gasteiger partial charge in [0.15, 0.2) is 11.5 Å². The van der Waals surface area contributed by atoms with Gasteiger partial charge in [-0.1, -0.05) is 45.7 Å². The Morgan fingerprint density at radius 2 is 1.86 bits per heavy atom. The van der Waals surface area contributed by atoms with E-state index in [1.54, 1.807) is 7.11 Å². The summed E-state index contributed by atoms with van der Waals surface area (Å²) >= 11 is 11.8. The van der Waals surface area contributed by atoms with Gasteiger partial charge >= 0.3 is 0 Å². The summed E-state index contributed by atoms with van der Waals surface area (Å²) in [6.07, 6.45) is 1.81. The monoisotopic (exact) mass is 569 g/mol. The summed E-state index contributed by atoms with van der Waals surface area (Å²) in [4.78, 5) is 4.57. The molecule has 0 saturated carbocycles. The normalized spacial score (nSPS) is 11.0. The zero-order chi connectivity index (χ0) is 20.1. The van der Waals surface area contributed by atoms with Gasteiger partial charge in [-0.2, -0.15) is 0 Å². The van der Waals surface area contributed by atoms with E-state index in [4.69, 9.17) is 21.1 Å². The first-order valence-electron chi connectivity index (χ1n) is 8.51. The highest BCUT2D eigenvalue weighted by Gasteiger charge is 2.11. The third-order valence-electron chi connectivity index (χ3n) is 4.07. The summed E-state index contributed by atoms with van der Waals surface area (Å²) in [5.74, 6) is 1.40. The second-order valence-corrected chi connectivity index (χ2v) is 8.65. The smallest absolute Gasteiger partial charge is 0.174 e. The van der Waals surface area contributed by atoms with Gasteiger partial charge in [-0.25, -0.2) is 0 Å². The summed E-state index contributed by atoms with van der Waals surface area (Å²) in [6, 6.07) is 17.7. The van der Waals surface area contributed by atoms with Gasteiger partial charge in [-0.3, -0.25) is 4.99 Å². The molecule has 0 atom stereocenters. The molecule has 0 saturated heterocycles. The fraction of sp³-hybridized carbons (Fsp3) is 0.136. The molecule has 3 nitrogen and oxygen atoms in total. The SMILES string of the molecule is COc1cc(C=Nc2cc(Cl)ccc2C)cc(I)c1OCc1ccc(Br)cc1. The lowest BCUT2D eigenvalue weighted by molar-refractivity contribution is 0.282. The van der Waals surface area contributed by atoms with Crippen molar-refractivity contribution in [2.24, 2.45) is 4.99 Å². The Balaban J connectivity index is 1.81. The molecule has 0 radical (unpaired) electrons. The van der Waals surface area contributed by atoms with Gasteiger partial charge in [0.2, 0.25) is 0 Å². The largest absolute Gasteiger partial charge is 0.493 e. The molecule has 3 rings (SSSR count). The summed E-state index contributed by atoms with van der Waals surface area (Å²) < 4.78 is 13.6. The molecule has 0 aliphatic heterocycles. The van der Waals surface area contributed by atoms with Crippen LogP contribution in [0.15, 0.2) is 64.1 Å². The molecule has 0 aliphatic carbocycles. The Labute approximate surface area is 192 Å². The number of hydrogen-bond acceptors (Lipinski definition) is 3. The van der Waals surface area contributed by atoms with Crippen molar-refractivity contribution < 1.29 is 9.47 Å². The van der Waals surface area contributed by atoms with Gasteiger partial charge < -0.3 is 9.47 Å². The average molecular weight is 571 g/mol. The van der Waals surface area contributed by atoms with E-state index in [1.165, 1.54) is 0 Å². The third-order valence-corrected chi connectivity index (χ3v) is 5.64. The predicted molar refractivity (Wildman–Crippen MR) is 128 cm³/mol. The molecule has 0 bridgehead atoms. The number of methoxy groups -OCH3 is 1. The van der Waals surface area contributed by atoms with Crippen LogP contribution in [0.1, 0.15) is 16.7 Å². The first kappa shape index (κ1) is 21.1. The van der Waals surface area contributed by atoms with Crippen LogP contribution in [0, 0.1) is 10.5 Å². The molecule has 0 aromatic heterocycles. The summed E-state index contributed by atoms with van der Waals surface area (Å²) in [5.41, 5.74) is 3.92. The fourth-order valence-corrected chi connectivity index (χ4v) is 3.77. The van der Waals surface area contributed by atoms with Crippen LogP contribution in [-0.4, -0.2) is 13.3 Å². The number of nitrogens with zero attached hydrogens (tertiary/aromatic N) is 1. The standard InChI is InChI=1S/C22H18BrClINO2/c1-14-3-8-18(24)11-20(14)26-12-16-9-19(25)22(21(10-16)27-2)28-13-15-4-6-17(23)7-5-15/h3-12H,13H2,1-2H3. The molecule has 144 valence electrons. The van der Waals surface area contributed by atoms with Crippen LogP contribution in [-0.2, 0) is 6.61 Å². The van der Waals surface area contributed by atoms with E-state index in [2.05, 4.69) is 43.5 Å². The van der Waals surface area contributed by atoms with Gasteiger partial charge in [0, 0.05) is 15.7 Å². The van der Waals surface area contributed by atoms with Crippen molar-refractivity contribution in [3.63, 3.8) is 0 Å². The number of aryl methyl sites for hydroxylation is 1. The van der Waals surface area contributed by atoms with Crippen LogP contribution in [0.3, 0.4) is 0 Å². The maximum atomic E-state index is 6.07. The van der Waals surface area contributed by atoms with Gasteiger partial charge in [0.1, 0.15) is 6.61 Å². The van der Waals surface area contributed by atoms with Gasteiger partial charge in [0.05, 0.1) is 16.4 Å². The van der Waals surface area contributed by atoms with Crippen molar-refractivity contribution in [1.29, 1.82) is 0 Å². The van der Waals surface area contributed by atoms with E-state index in [1.807, 2.05) is 67.7 Å². The first-order valence-corrected chi connectivity index (χ1v) is 10.8. The molecule has 0 fully saturated rings. The van der Waals surface area contributed by atoms with Crippen LogP contribution in [0.4, 0.5) is 5.69 Å². The van der Waals surface area contributed by atoms with Crippen LogP contribution in [0.2, 0.25) is 5.02 Å². The first-order chi connectivity index (χ1) is 13.5. The highest BCUT2D eigenvalue weighted by molar-refractivity contribution is 14.1. The molecule has 0 aliphatic rings. The molecule has 3 aromatic carbocycles. The summed E-state index contributed by atoms with van der Waals surface area (Å²) in [5, 5.41) is 0.668. The number of hydrogen-bond donors (Lipinski definition) is 0. The van der Waals surface area contributed by atoms with Crippen LogP contribution < -0.4 is 9.47 Å². The zero-order valence-electron chi connectivity index (χ0n) is 15.4. The van der Waals surface area contributed by atoms with Crippen molar-refractivity contribution >= 4 is 62.0 Å². The quantitative estimate of drug-likeness (QED) is 0.229. The molecular formula is C22H18BrClINO2. The predicted octanol–water partition coefficient (Wildman–Crippen LogP) is 7.35. The minimum Gasteiger partial charge on any atom is -0.493 e. The van der Waals surface area contributed by atoms with E-state index in [0.717, 1.165) is 36.2 Å². The number of aliphatic imine (C=N–C) groups is 1. The Kier molecular flexibility index (Phi) is 7.37. The van der Waals surface area contributed by atoms with E-state index in [-0.39, 0.29) is 0 Å². The Bertz CT molecular complexity index is 1010. The Morgan fingerprint density at radius 3 is 2.57 bits per heavy atom. The highest BCUT2D eigenvalue weighted by Crippen LogP contribution is 2.34. The third kappa shape index (κ3) is 5.49. The lowest BCUT2D eigenvalue weighted by Crippen LogP contribution is -2.00. The van der Waals surface area contributed by atoms with Crippen LogP contribution >= 0.6 is 50.1 Å². The minimum absolute atomic E-state index is 0.467. The second kappa shape index (κ2) is 9.76. The van der Waals surface area contributed by atoms with Gasteiger partial charge in [-0.15, -0.1) is 0 Å². The lowest BCUT2D eigenvalue weighted by Gasteiger charge is -2.13. The van der Waals surface area contributed by atoms with E-state index < -0.39 is 0 Å². The molecule has 28 heavy (non-hydrogen) atoms. The van der Waals surface area contributed by atoms with E-state index in [9.17, 15) is 0 Å². The van der Waals surface area contributed by atoms with Gasteiger partial charge in [0.25, 0.3) is 0 Å². The Hall–Kier alpha value is -1.57. The lowest BCUT2D eigenvalue weighted by atomic mass is 10.2. The van der Waals surface area contributed by atoms with E-state index >= 15 is 0 Å². The summed E-state index contributed by atoms with van der Waals surface area (Å²) in [7, 11) is 1.64. The maximum Gasteiger partial charge on any atom is 0.174 e. The highest BCUT2D eigenvalue weighted by atomic mass is 127. The van der Waals surface area contributed by atoms with Crippen LogP contribution in [0.5, 0.6) is 11.5 Å². The maximum absolute atomic E-state index is 6.07. The summed E-state index contributed by atoms with van der Waals surface area (Å²) in [6.45, 7) is 2.47. The van der Waals surface area contributed by atoms with Crippen LogP contribution in [0.25, 0.3) is 0 Å². The van der Waals surface area contributed by atoms with Crippen molar-refractivity contribution in [1.82, 2.24) is 0 Å². The molecule has 0 heterocycles. The molecule has 0 amide bonds. The number of halogens is 3. The molecule has 6 heteroatoms. The molecule has 0 unspecified atom stereocenters. The zero-order valence-corrected chi connectivity index (χ0v) is 19.9. The second-order valence-electron chi connectivity index (χ2n) is 6.14. The van der Waals surface area contributed by atoms with E-state index in [0.29, 0.717) is 17.4 Å². The number of ether oxygens (including phenoxy) is 2. The average Bonchev–Trinajstić information content (AvgIpc) is 2.68. The molecule has 0 N–H and O–H groups in total. The van der Waals surface area contributed by atoms with Crippen molar-refractivity contribution in [2.75, 3.05) is 7.11 Å². The fourth-order valence-electron chi connectivity index (χ4n) is 2.56. The topological polar surface area (TPSA) is 30.8 Å². The van der Waals surface area contributed by atoms with Crippen molar-refractivity contribution in [3.8, 4) is 11.5 Å². The minimum atomic E-state index is 0.467. The Morgan fingerprint density at radius 1 is 1.11 bits per heavy atom. The van der Waals surface area contributed by atoms with Crippen molar-refractivity contribution in [2.45, 2.75) is 13.5 Å². The van der Waals surface area contributed by atoms with Crippen molar-refractivity contribution in [3.05, 3.63) is 84.4 Å². The number of rotatable bonds is 6. The molecule has 3 aromatic rings. The number of benzene rings is 3. The molecule has 0 spiro atoms. The molecular weight excluding hydrogens is 553 g/mol.